The van der Waals surface area contributed by atoms with E-state index in [1.54, 1.807) is 11.3 Å². The molecule has 0 amide bonds. The molecule has 0 spiro atoms. The standard InChI is InChI=1S/C11H14ClN3S/c1-13-6-5-9-14-10(11(12)15(9)2)8-4-3-7-16-8/h3-4,7,13H,5-6H2,1-2H3. The van der Waals surface area contributed by atoms with Crippen LogP contribution in [0.5, 0.6) is 0 Å². The topological polar surface area (TPSA) is 29.9 Å². The predicted molar refractivity (Wildman–Crippen MR) is 69.2 cm³/mol. The van der Waals surface area contributed by atoms with Crippen molar-refractivity contribution in [2.24, 2.45) is 7.05 Å². The van der Waals surface area contributed by atoms with Gasteiger partial charge in [-0.1, -0.05) is 17.7 Å². The van der Waals surface area contributed by atoms with Gasteiger partial charge in [0.15, 0.2) is 0 Å². The van der Waals surface area contributed by atoms with Crippen molar-refractivity contribution in [3.8, 4) is 10.6 Å². The van der Waals surface area contributed by atoms with Gasteiger partial charge in [0.25, 0.3) is 0 Å². The maximum atomic E-state index is 6.27. The quantitative estimate of drug-likeness (QED) is 0.910. The molecule has 16 heavy (non-hydrogen) atoms. The highest BCUT2D eigenvalue weighted by Gasteiger charge is 2.14. The van der Waals surface area contributed by atoms with E-state index in [0.717, 1.165) is 29.4 Å². The molecule has 0 unspecified atom stereocenters. The maximum Gasteiger partial charge on any atom is 0.137 e. The van der Waals surface area contributed by atoms with Crippen LogP contribution in [0.4, 0.5) is 0 Å². The van der Waals surface area contributed by atoms with Crippen molar-refractivity contribution in [1.29, 1.82) is 0 Å². The summed E-state index contributed by atoms with van der Waals surface area (Å²) in [6.07, 6.45) is 0.887. The fraction of sp³-hybridized carbons (Fsp3) is 0.364. The Balaban J connectivity index is 2.34. The first-order chi connectivity index (χ1) is 7.74. The molecule has 2 aromatic heterocycles. The lowest BCUT2D eigenvalue weighted by Gasteiger charge is -2.00. The first-order valence-electron chi connectivity index (χ1n) is 5.13. The molecule has 0 aliphatic heterocycles. The zero-order valence-corrected chi connectivity index (χ0v) is 10.9. The summed E-state index contributed by atoms with van der Waals surface area (Å²) in [6, 6.07) is 4.05. The van der Waals surface area contributed by atoms with E-state index in [4.69, 9.17) is 11.6 Å². The second kappa shape index (κ2) is 4.99. The van der Waals surface area contributed by atoms with Crippen LogP contribution < -0.4 is 5.32 Å². The molecule has 5 heteroatoms. The lowest BCUT2D eigenvalue weighted by Crippen LogP contribution is -2.13. The van der Waals surface area contributed by atoms with Crippen LogP contribution in [0, 0.1) is 0 Å². The van der Waals surface area contributed by atoms with E-state index in [-0.39, 0.29) is 0 Å². The third-order valence-electron chi connectivity index (χ3n) is 2.47. The molecular formula is C11H14ClN3S. The van der Waals surface area contributed by atoms with Gasteiger partial charge in [-0.2, -0.15) is 0 Å². The minimum Gasteiger partial charge on any atom is -0.322 e. The normalized spacial score (nSPS) is 10.9. The minimum absolute atomic E-state index is 0.716. The summed E-state index contributed by atoms with van der Waals surface area (Å²) in [5.41, 5.74) is 0.894. The lowest BCUT2D eigenvalue weighted by molar-refractivity contribution is 0.718. The van der Waals surface area contributed by atoms with E-state index < -0.39 is 0 Å². The third-order valence-corrected chi connectivity index (χ3v) is 3.78. The second-order valence-corrected chi connectivity index (χ2v) is 4.86. The first-order valence-corrected chi connectivity index (χ1v) is 6.39. The molecule has 2 rings (SSSR count). The summed E-state index contributed by atoms with van der Waals surface area (Å²) in [4.78, 5) is 5.71. The van der Waals surface area contributed by atoms with E-state index in [1.807, 2.05) is 36.2 Å². The van der Waals surface area contributed by atoms with E-state index in [0.29, 0.717) is 5.15 Å². The summed E-state index contributed by atoms with van der Waals surface area (Å²) in [5, 5.41) is 5.86. The van der Waals surface area contributed by atoms with Gasteiger partial charge in [0.05, 0.1) is 4.88 Å². The van der Waals surface area contributed by atoms with Crippen molar-refractivity contribution < 1.29 is 0 Å². The summed E-state index contributed by atoms with van der Waals surface area (Å²) in [7, 11) is 3.89. The zero-order valence-electron chi connectivity index (χ0n) is 9.33. The van der Waals surface area contributed by atoms with Gasteiger partial charge < -0.3 is 9.88 Å². The highest BCUT2D eigenvalue weighted by molar-refractivity contribution is 7.13. The van der Waals surface area contributed by atoms with Gasteiger partial charge in [-0.15, -0.1) is 11.3 Å². The second-order valence-electron chi connectivity index (χ2n) is 3.56. The molecule has 0 saturated carbocycles. The molecule has 86 valence electrons. The van der Waals surface area contributed by atoms with Gasteiger partial charge in [-0.05, 0) is 18.5 Å². The van der Waals surface area contributed by atoms with Crippen molar-refractivity contribution in [3.05, 3.63) is 28.5 Å². The number of halogens is 1. The molecule has 0 fully saturated rings. The molecule has 0 aliphatic carbocycles. The highest BCUT2D eigenvalue weighted by Crippen LogP contribution is 2.30. The summed E-state index contributed by atoms with van der Waals surface area (Å²) >= 11 is 7.93. The van der Waals surface area contributed by atoms with Crippen LogP contribution in [0.2, 0.25) is 5.15 Å². The molecule has 2 aromatic rings. The van der Waals surface area contributed by atoms with E-state index in [1.165, 1.54) is 0 Å². The fourth-order valence-corrected chi connectivity index (χ4v) is 2.57. The zero-order chi connectivity index (χ0) is 11.5. The smallest absolute Gasteiger partial charge is 0.137 e. The van der Waals surface area contributed by atoms with E-state index in [2.05, 4.69) is 10.3 Å². The molecule has 0 saturated heterocycles. The number of rotatable bonds is 4. The van der Waals surface area contributed by atoms with Crippen molar-refractivity contribution in [2.45, 2.75) is 6.42 Å². The molecule has 2 heterocycles. The summed E-state index contributed by atoms with van der Waals surface area (Å²) in [5.74, 6) is 1.02. The van der Waals surface area contributed by atoms with Crippen molar-refractivity contribution in [2.75, 3.05) is 13.6 Å². The van der Waals surface area contributed by atoms with Crippen molar-refractivity contribution >= 4 is 22.9 Å². The Morgan fingerprint density at radius 3 is 3.00 bits per heavy atom. The van der Waals surface area contributed by atoms with Gasteiger partial charge in [0.1, 0.15) is 16.7 Å². The first kappa shape index (κ1) is 11.6. The SMILES string of the molecule is CNCCc1nc(-c2cccs2)c(Cl)n1C. The van der Waals surface area contributed by atoms with E-state index >= 15 is 0 Å². The molecule has 0 aliphatic rings. The number of aromatic nitrogens is 2. The van der Waals surface area contributed by atoms with E-state index in [9.17, 15) is 0 Å². The lowest BCUT2D eigenvalue weighted by atomic mass is 10.4. The molecule has 0 radical (unpaired) electrons. The number of thiophene rings is 1. The van der Waals surface area contributed by atoms with Gasteiger partial charge in [-0.25, -0.2) is 4.98 Å². The number of nitrogens with one attached hydrogen (secondary N) is 1. The highest BCUT2D eigenvalue weighted by atomic mass is 35.5. The largest absolute Gasteiger partial charge is 0.322 e. The van der Waals surface area contributed by atoms with Gasteiger partial charge in [0, 0.05) is 20.0 Å². The van der Waals surface area contributed by atoms with Crippen LogP contribution in [-0.2, 0) is 13.5 Å². The number of likely N-dealkylation sites (N-methyl/N-ethyl adjacent to an activating group) is 1. The van der Waals surface area contributed by atoms with Crippen LogP contribution in [0.3, 0.4) is 0 Å². The van der Waals surface area contributed by atoms with Gasteiger partial charge in [-0.3, -0.25) is 0 Å². The monoisotopic (exact) mass is 255 g/mol. The molecular weight excluding hydrogens is 242 g/mol. The minimum atomic E-state index is 0.716. The molecule has 3 nitrogen and oxygen atoms in total. The molecule has 0 aromatic carbocycles. The summed E-state index contributed by atoms with van der Waals surface area (Å²) < 4.78 is 1.95. The Hall–Kier alpha value is -0.840. The van der Waals surface area contributed by atoms with Crippen LogP contribution in [0.15, 0.2) is 17.5 Å². The Morgan fingerprint density at radius 1 is 1.56 bits per heavy atom. The molecule has 0 bridgehead atoms. The van der Waals surface area contributed by atoms with Crippen LogP contribution in [-0.4, -0.2) is 23.1 Å². The number of imidazole rings is 1. The van der Waals surface area contributed by atoms with Crippen LogP contribution >= 0.6 is 22.9 Å². The molecule has 1 N–H and O–H groups in total. The number of nitrogens with zero attached hydrogens (tertiary/aromatic N) is 2. The molecule has 0 atom stereocenters. The predicted octanol–water partition coefficient (Wildman–Crippen LogP) is 2.56. The Morgan fingerprint density at radius 2 is 2.38 bits per heavy atom. The third kappa shape index (κ3) is 2.14. The number of hydrogen-bond acceptors (Lipinski definition) is 3. The van der Waals surface area contributed by atoms with Gasteiger partial charge in [0.2, 0.25) is 0 Å². The average molecular weight is 256 g/mol. The average Bonchev–Trinajstić information content (AvgIpc) is 2.88. The Kier molecular flexibility index (Phi) is 3.63. The fourth-order valence-electron chi connectivity index (χ4n) is 1.55. The van der Waals surface area contributed by atoms with Crippen molar-refractivity contribution in [1.82, 2.24) is 14.9 Å². The van der Waals surface area contributed by atoms with Gasteiger partial charge >= 0.3 is 0 Å². The van der Waals surface area contributed by atoms with Crippen molar-refractivity contribution in [3.63, 3.8) is 0 Å². The number of hydrogen-bond donors (Lipinski definition) is 1. The van der Waals surface area contributed by atoms with Crippen LogP contribution in [0.25, 0.3) is 10.6 Å². The van der Waals surface area contributed by atoms with Crippen LogP contribution in [0.1, 0.15) is 5.82 Å². The summed E-state index contributed by atoms with van der Waals surface area (Å²) in [6.45, 7) is 0.908. The Labute approximate surface area is 104 Å². The Bertz CT molecular complexity index is 462. The maximum absolute atomic E-state index is 6.27.